The number of hydrogen-bond acceptors (Lipinski definition) is 2. The number of likely N-dealkylation sites (tertiary alicyclic amines) is 1. The number of hydrogen-bond donors (Lipinski definition) is 1. The summed E-state index contributed by atoms with van der Waals surface area (Å²) < 4.78 is 0. The van der Waals surface area contributed by atoms with Crippen LogP contribution in [0.4, 0.5) is 0 Å². The fourth-order valence-electron chi connectivity index (χ4n) is 3.99. The summed E-state index contributed by atoms with van der Waals surface area (Å²) in [5.74, 6) is 1.79. The third-order valence-corrected chi connectivity index (χ3v) is 5.25. The van der Waals surface area contributed by atoms with Crippen LogP contribution in [0.25, 0.3) is 0 Å². The van der Waals surface area contributed by atoms with Crippen molar-refractivity contribution in [3.05, 3.63) is 0 Å². The molecular weight excluding hydrogens is 196 g/mol. The van der Waals surface area contributed by atoms with Crippen LogP contribution in [0.1, 0.15) is 52.9 Å². The molecule has 2 rings (SSSR count). The van der Waals surface area contributed by atoms with Gasteiger partial charge in [0, 0.05) is 18.1 Å². The lowest BCUT2D eigenvalue weighted by Gasteiger charge is -2.46. The van der Waals surface area contributed by atoms with E-state index in [1.54, 1.807) is 0 Å². The Bertz CT molecular complexity index is 229. The minimum atomic E-state index is 0.375. The van der Waals surface area contributed by atoms with Crippen molar-refractivity contribution in [1.29, 1.82) is 0 Å². The van der Waals surface area contributed by atoms with Gasteiger partial charge in [-0.25, -0.2) is 0 Å². The van der Waals surface area contributed by atoms with E-state index in [-0.39, 0.29) is 0 Å². The number of nitrogens with zero attached hydrogens (tertiary/aromatic N) is 1. The minimum Gasteiger partial charge on any atom is -0.326 e. The van der Waals surface area contributed by atoms with E-state index in [2.05, 4.69) is 25.7 Å². The molecule has 1 aliphatic heterocycles. The van der Waals surface area contributed by atoms with Gasteiger partial charge >= 0.3 is 0 Å². The summed E-state index contributed by atoms with van der Waals surface area (Å²) in [6.07, 6.45) is 6.67. The van der Waals surface area contributed by atoms with E-state index in [9.17, 15) is 0 Å². The molecule has 2 aliphatic rings. The van der Waals surface area contributed by atoms with Gasteiger partial charge in [0.2, 0.25) is 0 Å². The summed E-state index contributed by atoms with van der Waals surface area (Å²) in [4.78, 5) is 2.66. The highest BCUT2D eigenvalue weighted by Crippen LogP contribution is 2.44. The maximum absolute atomic E-state index is 6.39. The van der Waals surface area contributed by atoms with Gasteiger partial charge < -0.3 is 5.73 Å². The van der Waals surface area contributed by atoms with Crippen LogP contribution in [-0.4, -0.2) is 29.6 Å². The van der Waals surface area contributed by atoms with Crippen LogP contribution in [0, 0.1) is 11.8 Å². The van der Waals surface area contributed by atoms with Crippen molar-refractivity contribution < 1.29 is 0 Å². The van der Waals surface area contributed by atoms with Gasteiger partial charge in [0.05, 0.1) is 0 Å². The highest BCUT2D eigenvalue weighted by atomic mass is 15.2. The molecule has 94 valence electrons. The zero-order valence-electron chi connectivity index (χ0n) is 11.2. The molecule has 1 atom stereocenters. The first-order valence-corrected chi connectivity index (χ1v) is 7.11. The monoisotopic (exact) mass is 224 g/mol. The molecule has 16 heavy (non-hydrogen) atoms. The van der Waals surface area contributed by atoms with E-state index in [0.717, 1.165) is 11.8 Å². The molecular formula is C14H28N2. The zero-order chi connectivity index (χ0) is 11.8. The third-order valence-electron chi connectivity index (χ3n) is 5.25. The van der Waals surface area contributed by atoms with Crippen LogP contribution in [0.15, 0.2) is 0 Å². The average molecular weight is 224 g/mol. The smallest absolute Gasteiger partial charge is 0.0360 e. The Kier molecular flexibility index (Phi) is 3.60. The van der Waals surface area contributed by atoms with Crippen molar-refractivity contribution in [3.8, 4) is 0 Å². The molecule has 0 aromatic carbocycles. The minimum absolute atomic E-state index is 0.375. The van der Waals surface area contributed by atoms with E-state index in [1.165, 1.54) is 45.2 Å². The Labute approximate surface area is 101 Å². The zero-order valence-corrected chi connectivity index (χ0v) is 11.2. The number of rotatable bonds is 2. The Morgan fingerprint density at radius 2 is 1.88 bits per heavy atom. The van der Waals surface area contributed by atoms with Crippen molar-refractivity contribution in [2.24, 2.45) is 17.6 Å². The molecule has 0 bridgehead atoms. The van der Waals surface area contributed by atoms with Crippen molar-refractivity contribution in [1.82, 2.24) is 4.90 Å². The fraction of sp³-hybridized carbons (Fsp3) is 1.00. The lowest BCUT2D eigenvalue weighted by atomic mass is 9.70. The van der Waals surface area contributed by atoms with Gasteiger partial charge in [0.1, 0.15) is 0 Å². The molecule has 1 unspecified atom stereocenters. The van der Waals surface area contributed by atoms with Gasteiger partial charge in [0.15, 0.2) is 0 Å². The van der Waals surface area contributed by atoms with Crippen molar-refractivity contribution in [2.75, 3.05) is 13.1 Å². The standard InChI is InChI=1S/C14H28N2/c1-4-16-10-7-13(15)14(16)8-5-12(6-9-14)11(2)3/h11-13H,4-10,15H2,1-3H3. The largest absolute Gasteiger partial charge is 0.326 e. The summed E-state index contributed by atoms with van der Waals surface area (Å²) >= 11 is 0. The van der Waals surface area contributed by atoms with Gasteiger partial charge in [-0.2, -0.15) is 0 Å². The molecule has 2 N–H and O–H groups in total. The average Bonchev–Trinajstić information content (AvgIpc) is 2.57. The second-order valence-electron chi connectivity index (χ2n) is 6.16. The predicted octanol–water partition coefficient (Wildman–Crippen LogP) is 2.62. The lowest BCUT2D eigenvalue weighted by Crippen LogP contribution is -2.55. The maximum atomic E-state index is 6.39. The molecule has 0 radical (unpaired) electrons. The predicted molar refractivity (Wildman–Crippen MR) is 69.4 cm³/mol. The molecule has 0 amide bonds. The summed E-state index contributed by atoms with van der Waals surface area (Å²) in [6, 6.07) is 0.431. The first-order valence-electron chi connectivity index (χ1n) is 7.11. The van der Waals surface area contributed by atoms with Gasteiger partial charge in [-0.1, -0.05) is 20.8 Å². The number of nitrogens with two attached hydrogens (primary N) is 1. The van der Waals surface area contributed by atoms with E-state index >= 15 is 0 Å². The molecule has 0 aromatic rings. The summed E-state index contributed by atoms with van der Waals surface area (Å²) in [5, 5.41) is 0. The van der Waals surface area contributed by atoms with E-state index in [4.69, 9.17) is 5.73 Å². The fourth-order valence-corrected chi connectivity index (χ4v) is 3.99. The van der Waals surface area contributed by atoms with E-state index < -0.39 is 0 Å². The van der Waals surface area contributed by atoms with Gasteiger partial charge in [0.25, 0.3) is 0 Å². The van der Waals surface area contributed by atoms with Crippen LogP contribution in [0.3, 0.4) is 0 Å². The van der Waals surface area contributed by atoms with Crippen LogP contribution in [-0.2, 0) is 0 Å². The van der Waals surface area contributed by atoms with E-state index in [0.29, 0.717) is 11.6 Å². The second-order valence-corrected chi connectivity index (χ2v) is 6.16. The molecule has 0 aromatic heterocycles. The molecule has 1 saturated carbocycles. The quantitative estimate of drug-likeness (QED) is 0.781. The van der Waals surface area contributed by atoms with Crippen molar-refractivity contribution >= 4 is 0 Å². The number of likely N-dealkylation sites (N-methyl/N-ethyl adjacent to an activating group) is 1. The lowest BCUT2D eigenvalue weighted by molar-refractivity contribution is 0.0579. The topological polar surface area (TPSA) is 29.3 Å². The van der Waals surface area contributed by atoms with Gasteiger partial charge in [-0.3, -0.25) is 4.90 Å². The summed E-state index contributed by atoms with van der Waals surface area (Å²) in [5.41, 5.74) is 6.77. The molecule has 1 saturated heterocycles. The van der Waals surface area contributed by atoms with Crippen LogP contribution < -0.4 is 5.73 Å². The maximum Gasteiger partial charge on any atom is 0.0360 e. The summed E-state index contributed by atoms with van der Waals surface area (Å²) in [7, 11) is 0. The Balaban J connectivity index is 2.04. The summed E-state index contributed by atoms with van der Waals surface area (Å²) in [6.45, 7) is 9.43. The molecule has 2 nitrogen and oxygen atoms in total. The SMILES string of the molecule is CCN1CCC(N)C12CCC(C(C)C)CC2. The molecule has 1 spiro atoms. The highest BCUT2D eigenvalue weighted by molar-refractivity contribution is 5.06. The molecule has 1 aliphatic carbocycles. The van der Waals surface area contributed by atoms with Crippen molar-refractivity contribution in [2.45, 2.75) is 64.5 Å². The molecule has 1 heterocycles. The first kappa shape index (κ1) is 12.4. The third kappa shape index (κ3) is 1.91. The highest BCUT2D eigenvalue weighted by Gasteiger charge is 2.47. The molecule has 2 fully saturated rings. The first-order chi connectivity index (χ1) is 7.60. The molecule has 2 heteroatoms. The Morgan fingerprint density at radius 3 is 2.38 bits per heavy atom. The van der Waals surface area contributed by atoms with Gasteiger partial charge in [-0.15, -0.1) is 0 Å². The van der Waals surface area contributed by atoms with Crippen LogP contribution in [0.2, 0.25) is 0 Å². The van der Waals surface area contributed by atoms with Crippen LogP contribution in [0.5, 0.6) is 0 Å². The Morgan fingerprint density at radius 1 is 1.25 bits per heavy atom. The van der Waals surface area contributed by atoms with E-state index in [1.807, 2.05) is 0 Å². The van der Waals surface area contributed by atoms with Gasteiger partial charge in [-0.05, 0) is 50.5 Å². The second kappa shape index (κ2) is 4.66. The normalized spacial score (nSPS) is 41.1. The van der Waals surface area contributed by atoms with Crippen molar-refractivity contribution in [3.63, 3.8) is 0 Å². The Hall–Kier alpha value is -0.0800. The van der Waals surface area contributed by atoms with Crippen LogP contribution >= 0.6 is 0 Å².